The summed E-state index contributed by atoms with van der Waals surface area (Å²) in [7, 11) is 0. The maximum absolute atomic E-state index is 6.79. The largest absolute Gasteiger partial charge is 0.372 e. The van der Waals surface area contributed by atoms with Crippen LogP contribution in [0.15, 0.2) is 0 Å². The molecule has 5 fully saturated rings. The number of hydrogen-bond acceptors (Lipinski definition) is 9. The molecule has 1 spiro atoms. The van der Waals surface area contributed by atoms with Crippen LogP contribution in [-0.2, 0) is 44.3 Å². The van der Waals surface area contributed by atoms with Crippen molar-refractivity contribution >= 4 is 18.5 Å². The summed E-state index contributed by atoms with van der Waals surface area (Å²) in [6.07, 6.45) is 6.52. The highest BCUT2D eigenvalue weighted by Crippen LogP contribution is 2.58. The highest BCUT2D eigenvalue weighted by molar-refractivity contribution is 8.07. The smallest absolute Gasteiger partial charge is 0.328 e. The van der Waals surface area contributed by atoms with Gasteiger partial charge in [0.1, 0.15) is 18.3 Å². The Morgan fingerprint density at radius 3 is 2.43 bits per heavy atom. The minimum Gasteiger partial charge on any atom is -0.372 e. The third-order valence-corrected chi connectivity index (χ3v) is 11.3. The van der Waals surface area contributed by atoms with E-state index in [1.165, 1.54) is 6.42 Å². The molecule has 0 radical (unpaired) electrons. The molecule has 0 aromatic heterocycles. The fraction of sp³-hybridized carbons (Fsp3) is 1.00. The quantitative estimate of drug-likeness (QED) is 0.339. The summed E-state index contributed by atoms with van der Waals surface area (Å²) in [6, 6.07) is 0. The van der Waals surface area contributed by atoms with Gasteiger partial charge in [0.15, 0.2) is 12.1 Å². The van der Waals surface area contributed by atoms with Gasteiger partial charge < -0.3 is 33.3 Å². The van der Waals surface area contributed by atoms with Crippen molar-refractivity contribution in [1.29, 1.82) is 0 Å². The maximum Gasteiger partial charge on any atom is 0.328 e. The van der Waals surface area contributed by atoms with Gasteiger partial charge in [0.05, 0.1) is 24.9 Å². The zero-order valence-corrected chi connectivity index (χ0v) is 25.0. The Morgan fingerprint density at radius 1 is 0.973 bits per heavy atom. The third-order valence-electron chi connectivity index (χ3n) is 8.94. The Kier molecular flexibility index (Phi) is 9.40. The molecule has 3 heterocycles. The van der Waals surface area contributed by atoms with Crippen molar-refractivity contribution in [1.82, 2.24) is 5.32 Å². The van der Waals surface area contributed by atoms with Crippen molar-refractivity contribution in [2.45, 2.75) is 135 Å². The molecule has 1 N–H and O–H groups in total. The lowest BCUT2D eigenvalue weighted by Gasteiger charge is -2.33. The lowest BCUT2D eigenvalue weighted by atomic mass is 10.00. The number of hydrogen-bond donors (Lipinski definition) is 1. The summed E-state index contributed by atoms with van der Waals surface area (Å²) in [5.41, 5.74) is 0. The van der Waals surface area contributed by atoms with Crippen LogP contribution in [0.3, 0.4) is 0 Å². The fourth-order valence-corrected chi connectivity index (χ4v) is 9.47. The van der Waals surface area contributed by atoms with E-state index >= 15 is 0 Å². The average molecular weight is 562 g/mol. The lowest BCUT2D eigenvalue weighted by Crippen LogP contribution is -2.42. The molecule has 5 rings (SSSR count). The monoisotopic (exact) mass is 561 g/mol. The number of rotatable bonds is 11. The van der Waals surface area contributed by atoms with Crippen molar-refractivity contribution in [3.8, 4) is 0 Å². The number of nitrogens with one attached hydrogen (secondary N) is 1. The molecule has 10 heteroatoms. The van der Waals surface area contributed by atoms with Gasteiger partial charge in [-0.1, -0.05) is 27.7 Å². The first-order valence-corrected chi connectivity index (χ1v) is 17.3. The topological polar surface area (TPSA) is 76.6 Å². The SMILES string of the molecule is CCNC[C@H]1O[C@@H]2OC3(CCCC3)O[C@@H]2[C@H]1OP(=S)(OCC1CC(C)CC1C)OC1CC(C)OC1CC. The first-order valence-electron chi connectivity index (χ1n) is 14.7. The predicted octanol–water partition coefficient (Wildman–Crippen LogP) is 5.29. The summed E-state index contributed by atoms with van der Waals surface area (Å²) in [6.45, 7) is 9.80. The number of ether oxygens (including phenoxy) is 4. The molecular formula is C27H48NO7PS. The van der Waals surface area contributed by atoms with E-state index in [1.807, 2.05) is 0 Å². The van der Waals surface area contributed by atoms with Gasteiger partial charge in [0.25, 0.3) is 0 Å². The number of fused-ring (bicyclic) bond motifs is 1. The van der Waals surface area contributed by atoms with Crippen LogP contribution in [0, 0.1) is 17.8 Å². The van der Waals surface area contributed by atoms with E-state index in [2.05, 4.69) is 39.9 Å². The second-order valence-corrected chi connectivity index (χ2v) is 15.0. The molecule has 2 saturated carbocycles. The average Bonchev–Trinajstić information content (AvgIpc) is 3.65. The standard InChI is InChI=1S/C27H48NO7PS/c1-6-21-22(14-19(5)30-21)34-36(37,29-16-20-13-17(3)12-18(20)4)35-24-23(15-28-7-2)31-26-25(24)32-27(33-26)10-8-9-11-27/h17-26,28H,6-16H2,1-5H3/t17?,18?,19?,20?,21?,22?,23-,24+,25-,26-,36?/m1/s1. The Morgan fingerprint density at radius 2 is 1.76 bits per heavy atom. The maximum atomic E-state index is 6.79. The van der Waals surface area contributed by atoms with Crippen LogP contribution in [0.4, 0.5) is 0 Å². The summed E-state index contributed by atoms with van der Waals surface area (Å²) >= 11 is 6.19. The Bertz CT molecular complexity index is 814. The van der Waals surface area contributed by atoms with E-state index in [0.717, 1.165) is 51.5 Å². The van der Waals surface area contributed by atoms with Crippen LogP contribution < -0.4 is 5.32 Å². The molecule has 2 aliphatic carbocycles. The minimum absolute atomic E-state index is 0.00657. The molecule has 3 saturated heterocycles. The molecule has 37 heavy (non-hydrogen) atoms. The van der Waals surface area contributed by atoms with Crippen LogP contribution in [-0.4, -0.2) is 68.4 Å². The van der Waals surface area contributed by atoms with E-state index in [4.69, 9.17) is 44.3 Å². The van der Waals surface area contributed by atoms with E-state index in [-0.39, 0.29) is 30.5 Å². The molecule has 7 unspecified atom stereocenters. The number of likely N-dealkylation sites (N-methyl/N-ethyl adjacent to an activating group) is 1. The summed E-state index contributed by atoms with van der Waals surface area (Å²) in [4.78, 5) is 0. The highest BCUT2D eigenvalue weighted by atomic mass is 32.5. The molecule has 0 aromatic rings. The van der Waals surface area contributed by atoms with Gasteiger partial charge in [-0.2, -0.15) is 0 Å². The van der Waals surface area contributed by atoms with Crippen molar-refractivity contribution < 1.29 is 32.5 Å². The second-order valence-electron chi connectivity index (χ2n) is 12.1. The zero-order chi connectivity index (χ0) is 26.2. The van der Waals surface area contributed by atoms with Crippen LogP contribution >= 0.6 is 6.72 Å². The van der Waals surface area contributed by atoms with Gasteiger partial charge in [0, 0.05) is 25.8 Å². The van der Waals surface area contributed by atoms with E-state index < -0.39 is 24.9 Å². The highest BCUT2D eigenvalue weighted by Gasteiger charge is 2.60. The molecule has 0 amide bonds. The fourth-order valence-electron chi connectivity index (χ4n) is 7.01. The molecule has 0 bridgehead atoms. The third kappa shape index (κ3) is 6.47. The van der Waals surface area contributed by atoms with E-state index in [9.17, 15) is 0 Å². The molecule has 3 aliphatic heterocycles. The molecule has 5 aliphatic rings. The van der Waals surface area contributed by atoms with Gasteiger partial charge in [-0.25, -0.2) is 0 Å². The Balaban J connectivity index is 1.35. The van der Waals surface area contributed by atoms with E-state index in [0.29, 0.717) is 30.9 Å². The van der Waals surface area contributed by atoms with Crippen LogP contribution in [0.25, 0.3) is 0 Å². The molecular weight excluding hydrogens is 513 g/mol. The van der Waals surface area contributed by atoms with Crippen molar-refractivity contribution in [2.75, 3.05) is 19.7 Å². The van der Waals surface area contributed by atoms with Gasteiger partial charge in [-0.05, 0) is 75.1 Å². The van der Waals surface area contributed by atoms with Crippen molar-refractivity contribution in [3.05, 3.63) is 0 Å². The first kappa shape index (κ1) is 28.8. The second kappa shape index (κ2) is 12.1. The first-order chi connectivity index (χ1) is 17.7. The Hall–Kier alpha value is 0.330. The van der Waals surface area contributed by atoms with Gasteiger partial charge in [0.2, 0.25) is 0 Å². The Labute approximate surface area is 228 Å². The van der Waals surface area contributed by atoms with Crippen molar-refractivity contribution in [3.63, 3.8) is 0 Å². The summed E-state index contributed by atoms with van der Waals surface area (Å²) in [5, 5.41) is 3.40. The molecule has 214 valence electrons. The minimum atomic E-state index is -3.15. The normalized spacial score (nSPS) is 44.6. The van der Waals surface area contributed by atoms with E-state index in [1.54, 1.807) is 0 Å². The van der Waals surface area contributed by atoms with Crippen molar-refractivity contribution in [2.24, 2.45) is 17.8 Å². The molecule has 8 nitrogen and oxygen atoms in total. The van der Waals surface area contributed by atoms with Crippen LogP contribution in [0.1, 0.15) is 86.0 Å². The van der Waals surface area contributed by atoms with Gasteiger partial charge in [-0.15, -0.1) is 0 Å². The van der Waals surface area contributed by atoms with Crippen LogP contribution in [0.2, 0.25) is 0 Å². The summed E-state index contributed by atoms with van der Waals surface area (Å²) < 4.78 is 45.4. The molecule has 0 aromatic carbocycles. The van der Waals surface area contributed by atoms with Crippen LogP contribution in [0.5, 0.6) is 0 Å². The molecule has 11 atom stereocenters. The van der Waals surface area contributed by atoms with Gasteiger partial charge in [-0.3, -0.25) is 4.52 Å². The summed E-state index contributed by atoms with van der Waals surface area (Å²) in [5.74, 6) is 1.22. The zero-order valence-electron chi connectivity index (χ0n) is 23.3. The van der Waals surface area contributed by atoms with Gasteiger partial charge >= 0.3 is 6.72 Å². The predicted molar refractivity (Wildman–Crippen MR) is 145 cm³/mol. The lowest BCUT2D eigenvalue weighted by molar-refractivity contribution is -0.228.